The number of likely N-dealkylation sites (tertiary alicyclic amines) is 1. The van der Waals surface area contributed by atoms with E-state index in [0.717, 1.165) is 32.5 Å². The maximum atomic E-state index is 11.7. The van der Waals surface area contributed by atoms with Gasteiger partial charge in [0.15, 0.2) is 0 Å². The molecule has 4 heteroatoms. The molecule has 1 heterocycles. The molecule has 1 saturated heterocycles. The molecule has 1 rings (SSSR count). The van der Waals surface area contributed by atoms with E-state index in [9.17, 15) is 4.79 Å². The van der Waals surface area contributed by atoms with Crippen LogP contribution in [-0.2, 0) is 9.53 Å². The average molecular weight is 264 g/mol. The van der Waals surface area contributed by atoms with Gasteiger partial charge >= 0.3 is 0 Å². The van der Waals surface area contributed by atoms with Crippen molar-refractivity contribution in [2.45, 2.75) is 24.6 Å². The van der Waals surface area contributed by atoms with Crippen molar-refractivity contribution >= 4 is 21.8 Å². The molecule has 0 radical (unpaired) electrons. The van der Waals surface area contributed by atoms with E-state index in [-0.39, 0.29) is 10.7 Å². The number of rotatable bonds is 4. The first-order valence-corrected chi connectivity index (χ1v) is 5.98. The van der Waals surface area contributed by atoms with Crippen LogP contribution >= 0.6 is 15.9 Å². The van der Waals surface area contributed by atoms with Crippen LogP contribution in [0.2, 0.25) is 0 Å². The number of halogens is 1. The third-order valence-electron chi connectivity index (χ3n) is 2.45. The highest BCUT2D eigenvalue weighted by Gasteiger charge is 2.27. The Hall–Kier alpha value is -0.0900. The van der Waals surface area contributed by atoms with Crippen LogP contribution in [0.5, 0.6) is 0 Å². The predicted octanol–water partition coefficient (Wildman–Crippen LogP) is 1.65. The van der Waals surface area contributed by atoms with Crippen molar-refractivity contribution in [3.05, 3.63) is 0 Å². The first-order chi connectivity index (χ1) is 6.65. The molecule has 14 heavy (non-hydrogen) atoms. The summed E-state index contributed by atoms with van der Waals surface area (Å²) in [6.45, 7) is 4.54. The summed E-state index contributed by atoms with van der Waals surface area (Å²) >= 11 is 3.40. The highest BCUT2D eigenvalue weighted by atomic mass is 79.9. The monoisotopic (exact) mass is 263 g/mol. The fourth-order valence-corrected chi connectivity index (χ4v) is 2.40. The van der Waals surface area contributed by atoms with Crippen LogP contribution in [0.4, 0.5) is 0 Å². The zero-order valence-electron chi connectivity index (χ0n) is 8.83. The molecule has 0 N–H and O–H groups in total. The lowest BCUT2D eigenvalue weighted by Gasteiger charge is -2.31. The molecular weight excluding hydrogens is 246 g/mol. The summed E-state index contributed by atoms with van der Waals surface area (Å²) in [5.74, 6) is 0.654. The minimum Gasteiger partial charge on any atom is -0.384 e. The summed E-state index contributed by atoms with van der Waals surface area (Å²) in [5.41, 5.74) is 0. The SMILES string of the molecule is COCC(C)CN1CCCC(Br)C1=O. The third-order valence-corrected chi connectivity index (χ3v) is 3.30. The highest BCUT2D eigenvalue weighted by molar-refractivity contribution is 9.10. The fraction of sp³-hybridized carbons (Fsp3) is 0.900. The largest absolute Gasteiger partial charge is 0.384 e. The molecule has 1 aliphatic heterocycles. The van der Waals surface area contributed by atoms with Crippen LogP contribution in [0.25, 0.3) is 0 Å². The molecule has 0 aromatic rings. The Labute approximate surface area is 93.9 Å². The number of nitrogens with zero attached hydrogens (tertiary/aromatic N) is 1. The molecule has 0 spiro atoms. The van der Waals surface area contributed by atoms with Crippen LogP contribution in [-0.4, -0.2) is 42.4 Å². The van der Waals surface area contributed by atoms with Crippen molar-refractivity contribution < 1.29 is 9.53 Å². The lowest BCUT2D eigenvalue weighted by molar-refractivity contribution is -0.133. The fourth-order valence-electron chi connectivity index (χ4n) is 1.79. The number of hydrogen-bond acceptors (Lipinski definition) is 2. The quantitative estimate of drug-likeness (QED) is 0.723. The molecule has 1 fully saturated rings. The van der Waals surface area contributed by atoms with E-state index >= 15 is 0 Å². The Morgan fingerprint density at radius 3 is 3.07 bits per heavy atom. The maximum absolute atomic E-state index is 11.7. The number of hydrogen-bond donors (Lipinski definition) is 0. The summed E-state index contributed by atoms with van der Waals surface area (Å²) in [6, 6.07) is 0. The Morgan fingerprint density at radius 1 is 1.71 bits per heavy atom. The molecule has 0 aliphatic carbocycles. The number of carbonyl (C=O) groups is 1. The normalized spacial score (nSPS) is 25.2. The van der Waals surface area contributed by atoms with Gasteiger partial charge in [-0.3, -0.25) is 4.79 Å². The number of amides is 1. The molecule has 2 atom stereocenters. The number of alkyl halides is 1. The van der Waals surface area contributed by atoms with Gasteiger partial charge in [-0.05, 0) is 18.8 Å². The molecule has 0 bridgehead atoms. The van der Waals surface area contributed by atoms with Gasteiger partial charge in [0.05, 0.1) is 11.4 Å². The van der Waals surface area contributed by atoms with Crippen LogP contribution in [0.1, 0.15) is 19.8 Å². The van der Waals surface area contributed by atoms with E-state index in [1.165, 1.54) is 0 Å². The second-order valence-electron chi connectivity index (χ2n) is 3.95. The number of methoxy groups -OCH3 is 1. The molecule has 0 aromatic carbocycles. The minimum absolute atomic E-state index is 0.0333. The smallest absolute Gasteiger partial charge is 0.236 e. The molecule has 0 aromatic heterocycles. The van der Waals surface area contributed by atoms with E-state index in [1.807, 2.05) is 4.90 Å². The highest BCUT2D eigenvalue weighted by Crippen LogP contribution is 2.19. The summed E-state index contributed by atoms with van der Waals surface area (Å²) < 4.78 is 5.06. The second-order valence-corrected chi connectivity index (χ2v) is 5.06. The summed E-state index contributed by atoms with van der Waals surface area (Å²) in [5, 5.41) is 0. The molecule has 3 nitrogen and oxygen atoms in total. The van der Waals surface area contributed by atoms with Crippen molar-refractivity contribution in [2.75, 3.05) is 26.8 Å². The number of ether oxygens (including phenoxy) is 1. The van der Waals surface area contributed by atoms with E-state index in [1.54, 1.807) is 7.11 Å². The first kappa shape index (κ1) is 12.0. The lowest BCUT2D eigenvalue weighted by Crippen LogP contribution is -2.44. The van der Waals surface area contributed by atoms with Gasteiger partial charge in [-0.1, -0.05) is 22.9 Å². The number of piperidine rings is 1. The van der Waals surface area contributed by atoms with E-state index in [2.05, 4.69) is 22.9 Å². The minimum atomic E-state index is 0.0333. The van der Waals surface area contributed by atoms with Gasteiger partial charge in [-0.2, -0.15) is 0 Å². The van der Waals surface area contributed by atoms with E-state index in [0.29, 0.717) is 5.92 Å². The van der Waals surface area contributed by atoms with Gasteiger partial charge in [-0.15, -0.1) is 0 Å². The van der Waals surface area contributed by atoms with E-state index in [4.69, 9.17) is 4.74 Å². The molecule has 1 amide bonds. The zero-order valence-corrected chi connectivity index (χ0v) is 10.4. The molecule has 82 valence electrons. The summed E-state index contributed by atoms with van der Waals surface area (Å²) in [6.07, 6.45) is 2.06. The van der Waals surface area contributed by atoms with Crippen molar-refractivity contribution in [1.29, 1.82) is 0 Å². The van der Waals surface area contributed by atoms with Gasteiger partial charge in [0.1, 0.15) is 0 Å². The van der Waals surface area contributed by atoms with Gasteiger partial charge in [0.25, 0.3) is 0 Å². The van der Waals surface area contributed by atoms with Gasteiger partial charge in [0.2, 0.25) is 5.91 Å². The summed E-state index contributed by atoms with van der Waals surface area (Å²) in [7, 11) is 1.70. The first-order valence-electron chi connectivity index (χ1n) is 5.07. The molecular formula is C10H18BrNO2. The van der Waals surface area contributed by atoms with Gasteiger partial charge < -0.3 is 9.64 Å². The Balaban J connectivity index is 2.39. The van der Waals surface area contributed by atoms with Crippen molar-refractivity contribution in [1.82, 2.24) is 4.90 Å². The Morgan fingerprint density at radius 2 is 2.43 bits per heavy atom. The average Bonchev–Trinajstić information content (AvgIpc) is 2.13. The second kappa shape index (κ2) is 5.71. The van der Waals surface area contributed by atoms with Gasteiger partial charge in [-0.25, -0.2) is 0 Å². The lowest BCUT2D eigenvalue weighted by atomic mass is 10.1. The maximum Gasteiger partial charge on any atom is 0.236 e. The standard InChI is InChI=1S/C10H18BrNO2/c1-8(7-14-2)6-12-5-3-4-9(11)10(12)13/h8-9H,3-7H2,1-2H3. The van der Waals surface area contributed by atoms with E-state index < -0.39 is 0 Å². The zero-order chi connectivity index (χ0) is 10.6. The van der Waals surface area contributed by atoms with Crippen molar-refractivity contribution in [3.8, 4) is 0 Å². The van der Waals surface area contributed by atoms with Crippen LogP contribution < -0.4 is 0 Å². The Kier molecular flexibility index (Phi) is 4.89. The van der Waals surface area contributed by atoms with Crippen molar-refractivity contribution in [3.63, 3.8) is 0 Å². The predicted molar refractivity (Wildman–Crippen MR) is 59.6 cm³/mol. The topological polar surface area (TPSA) is 29.5 Å². The molecule has 1 aliphatic rings. The molecule has 0 saturated carbocycles. The van der Waals surface area contributed by atoms with Crippen LogP contribution in [0, 0.1) is 5.92 Å². The van der Waals surface area contributed by atoms with Crippen molar-refractivity contribution in [2.24, 2.45) is 5.92 Å². The Bertz CT molecular complexity index is 199. The number of carbonyl (C=O) groups excluding carboxylic acids is 1. The van der Waals surface area contributed by atoms with Crippen LogP contribution in [0.15, 0.2) is 0 Å². The molecule has 2 unspecified atom stereocenters. The van der Waals surface area contributed by atoms with Crippen LogP contribution in [0.3, 0.4) is 0 Å². The summed E-state index contributed by atoms with van der Waals surface area (Å²) in [4.78, 5) is 13.7. The third kappa shape index (κ3) is 3.24. The van der Waals surface area contributed by atoms with Gasteiger partial charge in [0, 0.05) is 20.2 Å².